The highest BCUT2D eigenvalue weighted by Crippen LogP contribution is 2.34. The number of rotatable bonds is 10. The average Bonchev–Trinajstić information content (AvgIpc) is 3.71. The van der Waals surface area contributed by atoms with E-state index in [1.54, 1.807) is 6.07 Å². The summed E-state index contributed by atoms with van der Waals surface area (Å²) in [5.41, 5.74) is 3.99. The summed E-state index contributed by atoms with van der Waals surface area (Å²) in [6, 6.07) is 10.3. The number of piperidine rings is 1. The lowest BCUT2D eigenvalue weighted by molar-refractivity contribution is -0.126. The van der Waals surface area contributed by atoms with Gasteiger partial charge in [-0.1, -0.05) is 6.07 Å². The lowest BCUT2D eigenvalue weighted by Crippen LogP contribution is -2.39. The molecule has 3 aromatic heterocycles. The van der Waals surface area contributed by atoms with Crippen LogP contribution < -0.4 is 10.0 Å². The zero-order chi connectivity index (χ0) is 33.5. The molecule has 2 saturated heterocycles. The Morgan fingerprint density at radius 2 is 1.85 bits per heavy atom. The van der Waals surface area contributed by atoms with Crippen molar-refractivity contribution in [2.75, 3.05) is 37.8 Å². The van der Waals surface area contributed by atoms with Crippen molar-refractivity contribution >= 4 is 48.3 Å². The van der Waals surface area contributed by atoms with Crippen LogP contribution in [0.15, 0.2) is 30.6 Å². The summed E-state index contributed by atoms with van der Waals surface area (Å²) >= 11 is 1.06. The smallest absolute Gasteiger partial charge is 0.367 e. The second-order valence-corrected chi connectivity index (χ2v) is 15.8. The van der Waals surface area contributed by atoms with E-state index in [1.807, 2.05) is 6.07 Å². The van der Waals surface area contributed by atoms with E-state index in [2.05, 4.69) is 66.4 Å². The van der Waals surface area contributed by atoms with E-state index < -0.39 is 22.6 Å². The number of nitrogens with zero attached hydrogens (tertiary/aromatic N) is 6. The van der Waals surface area contributed by atoms with Gasteiger partial charge in [-0.05, 0) is 62.4 Å². The number of likely N-dealkylation sites (tertiary alicyclic amines) is 2. The third-order valence-corrected chi connectivity index (χ3v) is 11.1. The second-order valence-electron chi connectivity index (χ2n) is 12.9. The van der Waals surface area contributed by atoms with Crippen LogP contribution in [0.1, 0.15) is 47.9 Å². The molecule has 1 aromatic carbocycles. The van der Waals surface area contributed by atoms with E-state index in [0.29, 0.717) is 34.8 Å². The van der Waals surface area contributed by atoms with Gasteiger partial charge in [0, 0.05) is 73.2 Å². The molecule has 2 fully saturated rings. The molecule has 2 unspecified atom stereocenters. The maximum Gasteiger partial charge on any atom is 0.393 e. The minimum Gasteiger partial charge on any atom is -0.367 e. The number of nitriles is 1. The van der Waals surface area contributed by atoms with Crippen LogP contribution in [0.3, 0.4) is 0 Å². The molecule has 2 aliphatic heterocycles. The van der Waals surface area contributed by atoms with Gasteiger partial charge in [0.25, 0.3) is 0 Å². The highest BCUT2D eigenvalue weighted by atomic mass is 32.2. The van der Waals surface area contributed by atoms with Gasteiger partial charge in [0.15, 0.2) is 0 Å². The van der Waals surface area contributed by atoms with Crippen molar-refractivity contribution in [3.05, 3.63) is 52.3 Å². The molecule has 0 radical (unpaired) electrons. The molecule has 5 heterocycles. The topological polar surface area (TPSA) is 119 Å². The molecule has 0 spiro atoms. The molecule has 47 heavy (non-hydrogen) atoms. The molecule has 6 rings (SSSR count). The molecule has 0 amide bonds. The summed E-state index contributed by atoms with van der Waals surface area (Å²) < 4.78 is 67.0. The van der Waals surface area contributed by atoms with E-state index >= 15 is 0 Å². The number of fused-ring (bicyclic) bond motifs is 2. The Kier molecular flexibility index (Phi) is 9.52. The fourth-order valence-electron chi connectivity index (χ4n) is 6.92. The Hall–Kier alpha value is -3.29. The number of anilines is 1. The number of aromatic nitrogens is 3. The Labute approximate surface area is 276 Å². The second kappa shape index (κ2) is 13.3. The number of sulfonamides is 1. The monoisotopic (exact) mass is 688 g/mol. The third kappa shape index (κ3) is 7.89. The van der Waals surface area contributed by atoms with Crippen molar-refractivity contribution in [2.45, 2.75) is 76.9 Å². The van der Waals surface area contributed by atoms with Gasteiger partial charge in [0.1, 0.15) is 28.7 Å². The summed E-state index contributed by atoms with van der Waals surface area (Å²) in [6.07, 6.45) is -0.140. The van der Waals surface area contributed by atoms with E-state index in [4.69, 9.17) is 0 Å². The fraction of sp³-hybridized carbons (Fsp3) is 0.531. The lowest BCUT2D eigenvalue weighted by atomic mass is 10.0. The zero-order valence-electron chi connectivity index (χ0n) is 26.6. The van der Waals surface area contributed by atoms with Crippen molar-refractivity contribution in [3.63, 3.8) is 0 Å². The van der Waals surface area contributed by atoms with Crippen molar-refractivity contribution in [3.8, 4) is 6.07 Å². The number of thiophene rings is 1. The maximum atomic E-state index is 12.9. The molecule has 15 heteroatoms. The van der Waals surface area contributed by atoms with Gasteiger partial charge in [0.05, 0.1) is 18.1 Å². The molecule has 0 aliphatic carbocycles. The first kappa shape index (κ1) is 33.6. The van der Waals surface area contributed by atoms with Gasteiger partial charge in [-0.2, -0.15) is 18.4 Å². The molecular formula is C32H39F3N8O2S2. The van der Waals surface area contributed by atoms with E-state index in [-0.39, 0.29) is 23.0 Å². The molecule has 2 atom stereocenters. The summed E-state index contributed by atoms with van der Waals surface area (Å²) in [5.74, 6) is 0.585. The van der Waals surface area contributed by atoms with Crippen molar-refractivity contribution in [1.82, 2.24) is 29.1 Å². The van der Waals surface area contributed by atoms with Crippen LogP contribution >= 0.6 is 11.3 Å². The van der Waals surface area contributed by atoms with Gasteiger partial charge < -0.3 is 9.88 Å². The zero-order valence-corrected chi connectivity index (χ0v) is 28.3. The number of halogens is 3. The fourth-order valence-corrected chi connectivity index (χ4v) is 8.75. The van der Waals surface area contributed by atoms with Gasteiger partial charge in [0.2, 0.25) is 10.0 Å². The predicted octanol–water partition coefficient (Wildman–Crippen LogP) is 5.02. The van der Waals surface area contributed by atoms with Crippen molar-refractivity contribution in [1.29, 1.82) is 5.26 Å². The number of aryl methyl sites for hydroxylation is 1. The minimum absolute atomic E-state index is 0.0981. The first-order valence-electron chi connectivity index (χ1n) is 15.8. The molecule has 2 N–H and O–H groups in total. The average molecular weight is 689 g/mol. The molecule has 2 aliphatic rings. The third-order valence-electron chi connectivity index (χ3n) is 9.33. The summed E-state index contributed by atoms with van der Waals surface area (Å²) in [5, 5.41) is 15.2. The first-order valence-corrected chi connectivity index (χ1v) is 18.5. The van der Waals surface area contributed by atoms with Crippen LogP contribution in [0, 0.1) is 18.3 Å². The Bertz CT molecular complexity index is 1910. The van der Waals surface area contributed by atoms with Gasteiger partial charge in [-0.3, -0.25) is 9.80 Å². The summed E-state index contributed by atoms with van der Waals surface area (Å²) in [4.78, 5) is 14.0. The van der Waals surface area contributed by atoms with Crippen molar-refractivity contribution < 1.29 is 21.6 Å². The highest BCUT2D eigenvalue weighted by molar-refractivity contribution is 7.88. The van der Waals surface area contributed by atoms with Crippen LogP contribution in [0.2, 0.25) is 0 Å². The summed E-state index contributed by atoms with van der Waals surface area (Å²) in [7, 11) is -3.26. The molecule has 0 bridgehead atoms. The van der Waals surface area contributed by atoms with Crippen molar-refractivity contribution in [2.24, 2.45) is 0 Å². The number of hydrogen-bond donors (Lipinski definition) is 2. The van der Waals surface area contributed by atoms with Crippen LogP contribution in [0.4, 0.5) is 19.0 Å². The van der Waals surface area contributed by atoms with Gasteiger partial charge in [-0.25, -0.2) is 23.1 Å². The molecule has 252 valence electrons. The number of nitrogens with one attached hydrogen (secondary N) is 2. The Balaban J connectivity index is 1.08. The quantitative estimate of drug-likeness (QED) is 0.239. The molecule has 10 nitrogen and oxygen atoms in total. The SMILES string of the molecule is Cc1c(CN2CCC(Nc3ncnc4sc(CC(F)(F)F)cc34)CC2)ccc2c1cc(C#N)n2CC(C)N1CCC(NS(C)(=O)=O)C1. The Morgan fingerprint density at radius 3 is 2.55 bits per heavy atom. The molecular weight excluding hydrogens is 650 g/mol. The van der Waals surface area contributed by atoms with Crippen LogP contribution in [-0.4, -0.2) is 89.5 Å². The number of hydrogen-bond acceptors (Lipinski definition) is 9. The maximum absolute atomic E-state index is 12.9. The first-order chi connectivity index (χ1) is 22.3. The van der Waals surface area contributed by atoms with Crippen LogP contribution in [-0.2, 0) is 29.5 Å². The number of alkyl halides is 3. The van der Waals surface area contributed by atoms with Crippen LogP contribution in [0.25, 0.3) is 21.1 Å². The van der Waals surface area contributed by atoms with Crippen LogP contribution in [0.5, 0.6) is 0 Å². The largest absolute Gasteiger partial charge is 0.393 e. The highest BCUT2D eigenvalue weighted by Gasteiger charge is 2.30. The summed E-state index contributed by atoms with van der Waals surface area (Å²) in [6.45, 7) is 8.80. The molecule has 4 aromatic rings. The lowest BCUT2D eigenvalue weighted by Gasteiger charge is -2.33. The predicted molar refractivity (Wildman–Crippen MR) is 178 cm³/mol. The number of benzene rings is 1. The Morgan fingerprint density at radius 1 is 1.11 bits per heavy atom. The van der Waals surface area contributed by atoms with E-state index in [1.165, 1.54) is 18.1 Å². The standard InChI is InChI=1S/C32H39F3N8O2S2/c1-20(42-11-8-24(18-42)40-47(3,44)45)16-43-25(15-36)12-27-21(2)22(4-5-29(27)43)17-41-9-6-23(7-10-41)39-30-28-13-26(14-32(33,34)35)46-31(28)38-19-37-30/h4-5,12-13,19-20,23-24,40H,6-11,14,16-18H2,1-3H3,(H,37,38,39). The van der Waals surface area contributed by atoms with Gasteiger partial charge >= 0.3 is 6.18 Å². The van der Waals surface area contributed by atoms with E-state index in [0.717, 1.165) is 73.2 Å². The minimum atomic E-state index is -4.27. The van der Waals surface area contributed by atoms with E-state index in [9.17, 15) is 26.9 Å². The molecule has 0 saturated carbocycles. The van der Waals surface area contributed by atoms with Gasteiger partial charge in [-0.15, -0.1) is 11.3 Å². The normalized spacial score (nSPS) is 19.5.